The first kappa shape index (κ1) is 12.7. The zero-order valence-electron chi connectivity index (χ0n) is 10.6. The lowest BCUT2D eigenvalue weighted by Crippen LogP contribution is -2.44. The van der Waals surface area contributed by atoms with Crippen molar-refractivity contribution in [3.8, 4) is 0 Å². The van der Waals surface area contributed by atoms with Crippen LogP contribution in [-0.2, 0) is 0 Å². The Hall–Kier alpha value is 0.270. The summed E-state index contributed by atoms with van der Waals surface area (Å²) in [5, 5.41) is 10.2. The van der Waals surface area contributed by atoms with Gasteiger partial charge in [-0.25, -0.2) is 0 Å². The minimum absolute atomic E-state index is 0.0617. The molecule has 1 aliphatic carbocycles. The van der Waals surface area contributed by atoms with Gasteiger partial charge in [0.2, 0.25) is 0 Å². The van der Waals surface area contributed by atoms with Crippen molar-refractivity contribution in [2.24, 2.45) is 17.8 Å². The predicted molar refractivity (Wildman–Crippen MR) is 70.8 cm³/mol. The van der Waals surface area contributed by atoms with Crippen LogP contribution in [0.2, 0.25) is 0 Å². The molecule has 3 heteroatoms. The average Bonchev–Trinajstić information content (AvgIpc) is 2.25. The smallest absolute Gasteiger partial charge is 0.0585 e. The molecule has 4 atom stereocenters. The van der Waals surface area contributed by atoms with Crippen LogP contribution in [0.15, 0.2) is 0 Å². The molecule has 0 aromatic heterocycles. The lowest BCUT2D eigenvalue weighted by Gasteiger charge is -2.40. The summed E-state index contributed by atoms with van der Waals surface area (Å²) < 4.78 is 0. The van der Waals surface area contributed by atoms with E-state index in [1.165, 1.54) is 31.0 Å². The summed E-state index contributed by atoms with van der Waals surface area (Å²) in [4.78, 5) is 2.55. The van der Waals surface area contributed by atoms with Gasteiger partial charge in [0, 0.05) is 37.1 Å². The fraction of sp³-hybridized carbons (Fsp3) is 1.00. The van der Waals surface area contributed by atoms with Crippen LogP contribution in [0.1, 0.15) is 26.7 Å². The molecule has 16 heavy (non-hydrogen) atoms. The van der Waals surface area contributed by atoms with E-state index in [1.54, 1.807) is 0 Å². The van der Waals surface area contributed by atoms with Gasteiger partial charge in [0.1, 0.15) is 0 Å². The molecule has 1 saturated carbocycles. The highest BCUT2D eigenvalue weighted by molar-refractivity contribution is 7.99. The van der Waals surface area contributed by atoms with Gasteiger partial charge in [0.05, 0.1) is 6.10 Å². The van der Waals surface area contributed by atoms with E-state index < -0.39 is 0 Å². The zero-order valence-corrected chi connectivity index (χ0v) is 11.4. The Morgan fingerprint density at radius 3 is 2.50 bits per heavy atom. The first-order valence-corrected chi connectivity index (χ1v) is 7.80. The number of thioether (sulfide) groups is 1. The van der Waals surface area contributed by atoms with Gasteiger partial charge in [0.25, 0.3) is 0 Å². The Balaban J connectivity index is 1.86. The molecule has 4 unspecified atom stereocenters. The molecule has 0 aromatic rings. The van der Waals surface area contributed by atoms with Gasteiger partial charge in [-0.1, -0.05) is 13.8 Å². The molecule has 0 spiro atoms. The van der Waals surface area contributed by atoms with E-state index in [0.29, 0.717) is 17.8 Å². The van der Waals surface area contributed by atoms with Crippen molar-refractivity contribution < 1.29 is 5.11 Å². The van der Waals surface area contributed by atoms with Crippen molar-refractivity contribution in [3.63, 3.8) is 0 Å². The van der Waals surface area contributed by atoms with E-state index in [0.717, 1.165) is 13.0 Å². The molecule has 0 bridgehead atoms. The minimum Gasteiger partial charge on any atom is -0.393 e. The third-order valence-corrected chi connectivity index (χ3v) is 5.16. The summed E-state index contributed by atoms with van der Waals surface area (Å²) in [6, 6.07) is 0. The number of hydrogen-bond acceptors (Lipinski definition) is 3. The van der Waals surface area contributed by atoms with Gasteiger partial charge in [0.15, 0.2) is 0 Å². The van der Waals surface area contributed by atoms with E-state index >= 15 is 0 Å². The Morgan fingerprint density at radius 2 is 1.88 bits per heavy atom. The highest BCUT2D eigenvalue weighted by Gasteiger charge is 2.33. The van der Waals surface area contributed by atoms with Crippen LogP contribution in [0.5, 0.6) is 0 Å². The van der Waals surface area contributed by atoms with E-state index in [-0.39, 0.29) is 6.10 Å². The molecule has 1 saturated heterocycles. The van der Waals surface area contributed by atoms with Crippen LogP contribution in [0.4, 0.5) is 0 Å². The molecular weight excluding hydrogens is 218 g/mol. The third-order valence-electron chi connectivity index (χ3n) is 4.22. The molecule has 0 aromatic carbocycles. The molecule has 1 aliphatic heterocycles. The van der Waals surface area contributed by atoms with Crippen molar-refractivity contribution >= 4 is 11.8 Å². The second kappa shape index (κ2) is 5.74. The summed E-state index contributed by atoms with van der Waals surface area (Å²) in [6.07, 6.45) is 2.25. The van der Waals surface area contributed by atoms with Crippen molar-refractivity contribution in [1.82, 2.24) is 4.90 Å². The Kier molecular flexibility index (Phi) is 4.57. The standard InChI is InChI=1S/C13H25NOS/c1-10-7-11(2)12(13(15)8-10)9-14-3-5-16-6-4-14/h10-13,15H,3-9H2,1-2H3. The van der Waals surface area contributed by atoms with Crippen molar-refractivity contribution in [2.45, 2.75) is 32.8 Å². The number of aliphatic hydroxyl groups excluding tert-OH is 1. The Bertz CT molecular complexity index is 206. The predicted octanol–water partition coefficient (Wildman–Crippen LogP) is 2.08. The second-order valence-corrected chi connectivity index (χ2v) is 6.92. The van der Waals surface area contributed by atoms with Gasteiger partial charge in [-0.15, -0.1) is 0 Å². The van der Waals surface area contributed by atoms with Crippen LogP contribution in [0.25, 0.3) is 0 Å². The van der Waals surface area contributed by atoms with Gasteiger partial charge in [-0.3, -0.25) is 0 Å². The topological polar surface area (TPSA) is 23.5 Å². The fourth-order valence-electron chi connectivity index (χ4n) is 3.26. The van der Waals surface area contributed by atoms with Crippen molar-refractivity contribution in [3.05, 3.63) is 0 Å². The zero-order chi connectivity index (χ0) is 11.5. The first-order chi connectivity index (χ1) is 7.66. The van der Waals surface area contributed by atoms with Crippen LogP contribution in [0.3, 0.4) is 0 Å². The summed E-state index contributed by atoms with van der Waals surface area (Å²) in [5.41, 5.74) is 0. The number of rotatable bonds is 2. The lowest BCUT2D eigenvalue weighted by atomic mass is 9.73. The van der Waals surface area contributed by atoms with Gasteiger partial charge >= 0.3 is 0 Å². The van der Waals surface area contributed by atoms with E-state index in [1.807, 2.05) is 0 Å². The second-order valence-electron chi connectivity index (χ2n) is 5.70. The molecule has 1 N–H and O–H groups in total. The van der Waals surface area contributed by atoms with Crippen LogP contribution < -0.4 is 0 Å². The number of aliphatic hydroxyl groups is 1. The molecule has 2 rings (SSSR count). The van der Waals surface area contributed by atoms with Crippen molar-refractivity contribution in [1.29, 1.82) is 0 Å². The lowest BCUT2D eigenvalue weighted by molar-refractivity contribution is -0.000574. The monoisotopic (exact) mass is 243 g/mol. The van der Waals surface area contributed by atoms with Crippen LogP contribution >= 0.6 is 11.8 Å². The summed E-state index contributed by atoms with van der Waals surface area (Å²) in [5.74, 6) is 4.45. The molecule has 2 fully saturated rings. The van der Waals surface area contributed by atoms with Crippen LogP contribution in [-0.4, -0.2) is 47.3 Å². The molecule has 0 amide bonds. The largest absolute Gasteiger partial charge is 0.393 e. The highest BCUT2D eigenvalue weighted by Crippen LogP contribution is 2.34. The van der Waals surface area contributed by atoms with E-state index in [4.69, 9.17) is 0 Å². The Morgan fingerprint density at radius 1 is 1.19 bits per heavy atom. The maximum atomic E-state index is 10.2. The summed E-state index contributed by atoms with van der Waals surface area (Å²) in [6.45, 7) is 8.15. The molecule has 2 aliphatic rings. The number of nitrogens with zero attached hydrogens (tertiary/aromatic N) is 1. The molecular formula is C13H25NOS. The maximum absolute atomic E-state index is 10.2. The van der Waals surface area contributed by atoms with E-state index in [2.05, 4.69) is 30.5 Å². The minimum atomic E-state index is -0.0617. The first-order valence-electron chi connectivity index (χ1n) is 6.65. The quantitative estimate of drug-likeness (QED) is 0.803. The summed E-state index contributed by atoms with van der Waals surface area (Å²) in [7, 11) is 0. The van der Waals surface area contributed by atoms with Gasteiger partial charge in [-0.2, -0.15) is 11.8 Å². The SMILES string of the molecule is CC1CC(C)C(CN2CCSCC2)C(O)C1. The molecule has 2 nitrogen and oxygen atoms in total. The van der Waals surface area contributed by atoms with Gasteiger partial charge in [-0.05, 0) is 24.7 Å². The highest BCUT2D eigenvalue weighted by atomic mass is 32.2. The Labute approximate surface area is 104 Å². The summed E-state index contributed by atoms with van der Waals surface area (Å²) >= 11 is 2.06. The van der Waals surface area contributed by atoms with Gasteiger partial charge < -0.3 is 10.0 Å². The van der Waals surface area contributed by atoms with E-state index in [9.17, 15) is 5.11 Å². The molecule has 0 radical (unpaired) electrons. The fourth-order valence-corrected chi connectivity index (χ4v) is 4.23. The maximum Gasteiger partial charge on any atom is 0.0585 e. The molecule has 1 heterocycles. The number of hydrogen-bond donors (Lipinski definition) is 1. The normalized spacial score (nSPS) is 42.2. The third kappa shape index (κ3) is 3.14. The van der Waals surface area contributed by atoms with Crippen LogP contribution in [0, 0.1) is 17.8 Å². The average molecular weight is 243 g/mol. The molecule has 94 valence electrons. The van der Waals surface area contributed by atoms with Crippen molar-refractivity contribution in [2.75, 3.05) is 31.1 Å².